The molecule has 2 aromatic rings. The van der Waals surface area contributed by atoms with Crippen molar-refractivity contribution in [2.75, 3.05) is 13.2 Å². The van der Waals surface area contributed by atoms with Gasteiger partial charge in [-0.1, -0.05) is 30.3 Å². The van der Waals surface area contributed by atoms with Crippen molar-refractivity contribution in [3.63, 3.8) is 0 Å². The number of hydrogen-bond acceptors (Lipinski definition) is 4. The molecule has 0 spiro atoms. The van der Waals surface area contributed by atoms with E-state index in [0.717, 1.165) is 11.8 Å². The van der Waals surface area contributed by atoms with E-state index < -0.39 is 11.5 Å². The quantitative estimate of drug-likeness (QED) is 0.816. The van der Waals surface area contributed by atoms with Gasteiger partial charge >= 0.3 is 5.97 Å². The van der Waals surface area contributed by atoms with Crippen LogP contribution < -0.4 is 0 Å². The van der Waals surface area contributed by atoms with Gasteiger partial charge in [-0.15, -0.1) is 0 Å². The molecule has 0 saturated heterocycles. The summed E-state index contributed by atoms with van der Waals surface area (Å²) in [4.78, 5) is 25.8. The third-order valence-electron chi connectivity index (χ3n) is 4.45. The molecule has 0 bridgehead atoms. The summed E-state index contributed by atoms with van der Waals surface area (Å²) < 4.78 is 11.0. The van der Waals surface area contributed by atoms with Crippen LogP contribution in [-0.2, 0) is 17.8 Å². The van der Waals surface area contributed by atoms with Gasteiger partial charge in [0.1, 0.15) is 17.6 Å². The lowest BCUT2D eigenvalue weighted by Gasteiger charge is -2.41. The number of rotatable bonds is 6. The summed E-state index contributed by atoms with van der Waals surface area (Å²) >= 11 is 0. The fraction of sp³-hybridized carbons (Fsp3) is 0.368. The van der Waals surface area contributed by atoms with E-state index in [0.29, 0.717) is 31.9 Å². The van der Waals surface area contributed by atoms with Crippen molar-refractivity contribution in [1.82, 2.24) is 4.90 Å². The topological polar surface area (TPSA) is 80.0 Å². The highest BCUT2D eigenvalue weighted by molar-refractivity contribution is 6.06. The molecule has 1 aromatic heterocycles. The Kier molecular flexibility index (Phi) is 4.63. The van der Waals surface area contributed by atoms with Gasteiger partial charge < -0.3 is 19.2 Å². The van der Waals surface area contributed by atoms with Crippen LogP contribution in [0.4, 0.5) is 0 Å². The van der Waals surface area contributed by atoms with Gasteiger partial charge in [-0.05, 0) is 19.4 Å². The maximum atomic E-state index is 12.8. The zero-order chi connectivity index (χ0) is 18.0. The number of hydrogen-bond donors (Lipinski definition) is 1. The zero-order valence-electron chi connectivity index (χ0n) is 14.3. The Hall–Kier alpha value is -2.60. The van der Waals surface area contributed by atoms with Gasteiger partial charge in [-0.2, -0.15) is 0 Å². The maximum absolute atomic E-state index is 12.8. The van der Waals surface area contributed by atoms with Gasteiger partial charge in [0.05, 0.1) is 18.8 Å². The van der Waals surface area contributed by atoms with Crippen LogP contribution in [0.5, 0.6) is 0 Å². The fourth-order valence-corrected chi connectivity index (χ4v) is 3.14. The number of carbonyl (C=O) groups is 2. The van der Waals surface area contributed by atoms with Crippen molar-refractivity contribution in [3.8, 4) is 0 Å². The van der Waals surface area contributed by atoms with Gasteiger partial charge in [0.25, 0.3) is 5.91 Å². The van der Waals surface area contributed by atoms with Crippen LogP contribution >= 0.6 is 0 Å². The Morgan fingerprint density at radius 1 is 1.32 bits per heavy atom. The number of aromatic carboxylic acids is 1. The largest absolute Gasteiger partial charge is 0.478 e. The average Bonchev–Trinajstić information content (AvgIpc) is 2.98. The molecule has 0 saturated carbocycles. The molecule has 6 nitrogen and oxygen atoms in total. The molecular formula is C19H21NO5. The number of carbonyl (C=O) groups excluding carboxylic acids is 1. The summed E-state index contributed by atoms with van der Waals surface area (Å²) in [6.45, 7) is 5.12. The van der Waals surface area contributed by atoms with Gasteiger partial charge in [0.2, 0.25) is 0 Å². The molecule has 0 fully saturated rings. The lowest BCUT2D eigenvalue weighted by Crippen LogP contribution is -2.53. The summed E-state index contributed by atoms with van der Waals surface area (Å²) in [6.07, 6.45) is 1.62. The Bertz CT molecular complexity index is 778. The van der Waals surface area contributed by atoms with Crippen molar-refractivity contribution in [3.05, 3.63) is 59.0 Å². The molecule has 0 unspecified atom stereocenters. The van der Waals surface area contributed by atoms with E-state index in [1.807, 2.05) is 44.2 Å². The number of ether oxygens (including phenoxy) is 1. The van der Waals surface area contributed by atoms with Gasteiger partial charge in [-0.25, -0.2) is 4.79 Å². The molecule has 25 heavy (non-hydrogen) atoms. The Labute approximate surface area is 146 Å². The second kappa shape index (κ2) is 6.72. The molecule has 0 radical (unpaired) electrons. The summed E-state index contributed by atoms with van der Waals surface area (Å²) in [5.41, 5.74) is 0.686. The number of furan rings is 1. The van der Waals surface area contributed by atoms with Crippen molar-refractivity contribution >= 4 is 11.9 Å². The third kappa shape index (κ3) is 3.44. The Balaban J connectivity index is 1.69. The first-order valence-electron chi connectivity index (χ1n) is 8.17. The van der Waals surface area contributed by atoms with Crippen LogP contribution in [0.3, 0.4) is 0 Å². The van der Waals surface area contributed by atoms with Crippen LogP contribution in [-0.4, -0.2) is 40.6 Å². The number of carboxylic acids is 1. The highest BCUT2D eigenvalue weighted by Crippen LogP contribution is 2.33. The first kappa shape index (κ1) is 17.2. The molecule has 1 aliphatic heterocycles. The molecule has 3 rings (SSSR count). The summed E-state index contributed by atoms with van der Waals surface area (Å²) in [6, 6.07) is 9.80. The minimum absolute atomic E-state index is 0.0781. The van der Waals surface area contributed by atoms with E-state index in [-0.39, 0.29) is 17.0 Å². The average molecular weight is 343 g/mol. The molecule has 1 aliphatic rings. The lowest BCUT2D eigenvalue weighted by molar-refractivity contribution is 0.0303. The molecule has 1 N–H and O–H groups in total. The third-order valence-corrected chi connectivity index (χ3v) is 4.45. The first-order valence-corrected chi connectivity index (χ1v) is 8.17. The fourth-order valence-electron chi connectivity index (χ4n) is 3.14. The van der Waals surface area contributed by atoms with Crippen LogP contribution in [0.2, 0.25) is 0 Å². The number of fused-ring (bicyclic) bond motifs is 1. The number of carboxylic acid groups (broad SMARTS) is 1. The smallest absolute Gasteiger partial charge is 0.339 e. The lowest BCUT2D eigenvalue weighted by atomic mass is 9.88. The van der Waals surface area contributed by atoms with E-state index in [2.05, 4.69) is 0 Å². The number of amides is 1. The normalized spacial score (nSPS) is 15.9. The standard InChI is InChI=1S/C19H21NO5/c1-19(2)10-15-16(14(12-25-15)18(22)23)17(21)20(19)8-9-24-11-13-6-4-3-5-7-13/h3-7,12H,8-11H2,1-2H3,(H,22,23). The van der Waals surface area contributed by atoms with E-state index in [1.54, 1.807) is 4.90 Å². The number of nitrogens with zero attached hydrogens (tertiary/aromatic N) is 1. The van der Waals surface area contributed by atoms with Crippen molar-refractivity contribution in [1.29, 1.82) is 0 Å². The predicted molar refractivity (Wildman–Crippen MR) is 90.6 cm³/mol. The van der Waals surface area contributed by atoms with Crippen LogP contribution in [0.25, 0.3) is 0 Å². The zero-order valence-corrected chi connectivity index (χ0v) is 14.3. The van der Waals surface area contributed by atoms with E-state index in [9.17, 15) is 14.7 Å². The maximum Gasteiger partial charge on any atom is 0.339 e. The first-order chi connectivity index (χ1) is 11.9. The van der Waals surface area contributed by atoms with Gasteiger partial charge in [-0.3, -0.25) is 4.79 Å². The Morgan fingerprint density at radius 3 is 2.72 bits per heavy atom. The molecule has 0 atom stereocenters. The number of benzene rings is 1. The van der Waals surface area contributed by atoms with Gasteiger partial charge in [0, 0.05) is 18.5 Å². The molecule has 132 valence electrons. The minimum atomic E-state index is -1.15. The summed E-state index contributed by atoms with van der Waals surface area (Å²) in [5.74, 6) is -1.03. The van der Waals surface area contributed by atoms with Crippen LogP contribution in [0, 0.1) is 0 Å². The monoisotopic (exact) mass is 343 g/mol. The van der Waals surface area contributed by atoms with Gasteiger partial charge in [0.15, 0.2) is 0 Å². The SMILES string of the molecule is CC1(C)Cc2occ(C(=O)O)c2C(=O)N1CCOCc1ccccc1. The molecule has 6 heteroatoms. The molecule has 2 heterocycles. The van der Waals surface area contributed by atoms with Crippen molar-refractivity contribution in [2.24, 2.45) is 0 Å². The second-order valence-electron chi connectivity index (χ2n) is 6.74. The van der Waals surface area contributed by atoms with Crippen LogP contribution in [0.15, 0.2) is 41.0 Å². The summed E-state index contributed by atoms with van der Waals surface area (Å²) in [5, 5.41) is 9.25. The summed E-state index contributed by atoms with van der Waals surface area (Å²) in [7, 11) is 0. The van der Waals surface area contributed by atoms with E-state index in [4.69, 9.17) is 9.15 Å². The minimum Gasteiger partial charge on any atom is -0.478 e. The predicted octanol–water partition coefficient (Wildman–Crippen LogP) is 2.97. The van der Waals surface area contributed by atoms with Crippen molar-refractivity contribution < 1.29 is 23.8 Å². The molecule has 1 amide bonds. The highest BCUT2D eigenvalue weighted by atomic mass is 16.5. The Morgan fingerprint density at radius 2 is 2.04 bits per heavy atom. The molecule has 1 aromatic carbocycles. The highest BCUT2D eigenvalue weighted by Gasteiger charge is 2.42. The second-order valence-corrected chi connectivity index (χ2v) is 6.74. The van der Waals surface area contributed by atoms with Crippen molar-refractivity contribution in [2.45, 2.75) is 32.4 Å². The molecular weight excluding hydrogens is 322 g/mol. The van der Waals surface area contributed by atoms with Crippen LogP contribution in [0.1, 0.15) is 45.9 Å². The van der Waals surface area contributed by atoms with E-state index in [1.165, 1.54) is 0 Å². The van der Waals surface area contributed by atoms with E-state index >= 15 is 0 Å². The molecule has 0 aliphatic carbocycles.